The zero-order chi connectivity index (χ0) is 58.0. The van der Waals surface area contributed by atoms with E-state index in [9.17, 15) is 73.2 Å². The summed E-state index contributed by atoms with van der Waals surface area (Å²) < 4.78 is 0. The van der Waals surface area contributed by atoms with Gasteiger partial charge in [0.05, 0.1) is 31.2 Å². The number of carboxylic acids is 2. The highest BCUT2D eigenvalue weighted by Gasteiger charge is 2.36. The van der Waals surface area contributed by atoms with Crippen molar-refractivity contribution in [3.05, 3.63) is 0 Å². The summed E-state index contributed by atoms with van der Waals surface area (Å²) in [6.45, 7) is 16.8. The molecule has 0 saturated heterocycles. The van der Waals surface area contributed by atoms with Gasteiger partial charge < -0.3 is 85.5 Å². The van der Waals surface area contributed by atoms with Gasteiger partial charge in [0.25, 0.3) is 0 Å². The number of hydrogen-bond acceptors (Lipinski definition) is 15. The quantitative estimate of drug-likeness (QED) is 0.0163. The molecule has 0 aliphatic heterocycles. The Morgan fingerprint density at radius 3 is 1.33 bits per heavy atom. The van der Waals surface area contributed by atoms with Gasteiger partial charge in [-0.25, -0.2) is 4.79 Å². The molecule has 0 aromatic carbocycles. The number of rotatable bonds is 35. The van der Waals surface area contributed by atoms with Crippen LogP contribution in [0.25, 0.3) is 0 Å². The minimum atomic E-state index is -1.77. The molecule has 0 radical (unpaired) electrons. The summed E-state index contributed by atoms with van der Waals surface area (Å²) >= 11 is 0. The molecule has 0 aliphatic rings. The first-order chi connectivity index (χ1) is 34.7. The van der Waals surface area contributed by atoms with Gasteiger partial charge in [-0.1, -0.05) is 55.4 Å². The minimum absolute atomic E-state index is 0.0119. The summed E-state index contributed by atoms with van der Waals surface area (Å²) in [4.78, 5) is 147. The zero-order valence-electron chi connectivity index (χ0n) is 45.0. The Labute approximate surface area is 437 Å². The fourth-order valence-corrected chi connectivity index (χ4v) is 7.20. The van der Waals surface area contributed by atoms with Gasteiger partial charge in [0.1, 0.15) is 48.3 Å². The summed E-state index contributed by atoms with van der Waals surface area (Å²) in [5.41, 5.74) is 16.8. The Kier molecular flexibility index (Phi) is 31.0. The lowest BCUT2D eigenvalue weighted by atomic mass is 10.00. The van der Waals surface area contributed by atoms with E-state index in [0.717, 1.165) is 13.8 Å². The van der Waals surface area contributed by atoms with Crippen LogP contribution in [0, 0.1) is 23.7 Å². The van der Waals surface area contributed by atoms with Crippen molar-refractivity contribution in [3.63, 3.8) is 0 Å². The number of hydrogen-bond donors (Lipinski definition) is 16. The summed E-state index contributed by atoms with van der Waals surface area (Å²) in [7, 11) is 0. The monoisotopic (exact) mass is 1070 g/mol. The van der Waals surface area contributed by atoms with Gasteiger partial charge in [-0.15, -0.1) is 0 Å². The summed E-state index contributed by atoms with van der Waals surface area (Å²) in [6.07, 6.45) is -3.55. The van der Waals surface area contributed by atoms with Crippen LogP contribution in [0.15, 0.2) is 4.99 Å². The van der Waals surface area contributed by atoms with Crippen LogP contribution < -0.4 is 65.1 Å². The van der Waals surface area contributed by atoms with Gasteiger partial charge >= 0.3 is 11.9 Å². The van der Waals surface area contributed by atoms with Crippen molar-refractivity contribution < 1.29 is 73.2 Å². The van der Waals surface area contributed by atoms with E-state index in [1.807, 2.05) is 13.8 Å². The van der Waals surface area contributed by atoms with Gasteiger partial charge in [-0.3, -0.25) is 52.9 Å². The number of carboxylic acid groups (broad SMARTS) is 2. The van der Waals surface area contributed by atoms with E-state index < -0.39 is 145 Å². The number of carbonyl (C=O) groups excluding carboxylic acids is 9. The molecule has 28 heteroatoms. The van der Waals surface area contributed by atoms with Crippen LogP contribution in [-0.4, -0.2) is 171 Å². The number of aliphatic imine (C=N–C) groups is 1. The molecule has 0 bridgehead atoms. The molecule has 428 valence electrons. The Hall–Kier alpha value is -6.68. The molecule has 0 unspecified atom stereocenters. The zero-order valence-corrected chi connectivity index (χ0v) is 45.0. The smallest absolute Gasteiger partial charge is 0.326 e. The molecule has 0 aromatic rings. The average Bonchev–Trinajstić information content (AvgIpc) is 3.27. The molecule has 0 rings (SSSR count). The molecule has 75 heavy (non-hydrogen) atoms. The van der Waals surface area contributed by atoms with Crippen LogP contribution >= 0.6 is 0 Å². The summed E-state index contributed by atoms with van der Waals surface area (Å²) in [6, 6.07) is -12.9. The van der Waals surface area contributed by atoms with E-state index in [1.54, 1.807) is 41.5 Å². The molecule has 28 nitrogen and oxygen atoms in total. The lowest BCUT2D eigenvalue weighted by Crippen LogP contribution is -2.62. The van der Waals surface area contributed by atoms with Crippen molar-refractivity contribution in [2.45, 2.75) is 188 Å². The van der Waals surface area contributed by atoms with Gasteiger partial charge in [-0.2, -0.15) is 0 Å². The van der Waals surface area contributed by atoms with E-state index in [2.05, 4.69) is 52.8 Å². The molecule has 0 fully saturated rings. The number of nitrogens with two attached hydrogens (primary N) is 3. The number of amides is 9. The molecule has 19 N–H and O–H groups in total. The fourth-order valence-electron chi connectivity index (χ4n) is 7.20. The lowest BCUT2D eigenvalue weighted by Gasteiger charge is -2.28. The van der Waals surface area contributed by atoms with E-state index in [-0.39, 0.29) is 68.3 Å². The number of carbonyl (C=O) groups is 11. The van der Waals surface area contributed by atoms with Crippen LogP contribution in [0.4, 0.5) is 0 Å². The topological polar surface area (TPSA) is 467 Å². The van der Waals surface area contributed by atoms with Crippen LogP contribution in [0.2, 0.25) is 0 Å². The lowest BCUT2D eigenvalue weighted by molar-refractivity contribution is -0.143. The van der Waals surface area contributed by atoms with Crippen molar-refractivity contribution in [3.8, 4) is 0 Å². The van der Waals surface area contributed by atoms with Crippen molar-refractivity contribution in [2.75, 3.05) is 13.1 Å². The number of aliphatic hydroxyl groups excluding tert-OH is 2. The van der Waals surface area contributed by atoms with Crippen LogP contribution in [0.1, 0.15) is 121 Å². The highest BCUT2D eigenvalue weighted by molar-refractivity contribution is 5.98. The predicted molar refractivity (Wildman–Crippen MR) is 273 cm³/mol. The number of aliphatic hydroxyl groups is 2. The second-order valence-corrected chi connectivity index (χ2v) is 20.3. The van der Waals surface area contributed by atoms with Crippen molar-refractivity contribution in [2.24, 2.45) is 45.9 Å². The Balaban J connectivity index is 6.06. The molecule has 0 aliphatic carbocycles. The first-order valence-corrected chi connectivity index (χ1v) is 25.0. The third-order valence-corrected chi connectivity index (χ3v) is 11.0. The fraction of sp³-hybridized carbons (Fsp3) is 0.745. The minimum Gasteiger partial charge on any atom is -0.481 e. The third kappa shape index (κ3) is 28.0. The normalized spacial score (nSPS) is 15.7. The second kappa shape index (κ2) is 34.0. The second-order valence-electron chi connectivity index (χ2n) is 20.3. The predicted octanol–water partition coefficient (Wildman–Crippen LogP) is -4.11. The molecule has 0 spiro atoms. The van der Waals surface area contributed by atoms with Crippen molar-refractivity contribution in [1.29, 1.82) is 0 Å². The first-order valence-electron chi connectivity index (χ1n) is 25.0. The van der Waals surface area contributed by atoms with Crippen LogP contribution in [0.5, 0.6) is 0 Å². The van der Waals surface area contributed by atoms with Gasteiger partial charge in [0.2, 0.25) is 53.2 Å². The molecule has 11 atom stereocenters. The summed E-state index contributed by atoms with van der Waals surface area (Å²) in [5.74, 6) is -12.1. The maximum absolute atomic E-state index is 13.8. The molecule has 0 aromatic heterocycles. The molecular formula is C47H85N13O15. The maximum atomic E-state index is 13.8. The van der Waals surface area contributed by atoms with E-state index in [4.69, 9.17) is 17.2 Å². The average molecular weight is 1070 g/mol. The van der Waals surface area contributed by atoms with E-state index >= 15 is 0 Å². The number of guanidine groups is 1. The van der Waals surface area contributed by atoms with E-state index in [1.165, 1.54) is 6.92 Å². The van der Waals surface area contributed by atoms with Crippen molar-refractivity contribution >= 4 is 71.1 Å². The highest BCUT2D eigenvalue weighted by atomic mass is 16.4. The van der Waals surface area contributed by atoms with E-state index in [0.29, 0.717) is 6.42 Å². The Morgan fingerprint density at radius 1 is 0.467 bits per heavy atom. The van der Waals surface area contributed by atoms with Crippen LogP contribution in [-0.2, 0) is 52.7 Å². The maximum Gasteiger partial charge on any atom is 0.326 e. The number of nitrogens with zero attached hydrogens (tertiary/aromatic N) is 1. The van der Waals surface area contributed by atoms with Gasteiger partial charge in [0, 0.05) is 6.54 Å². The highest BCUT2D eigenvalue weighted by Crippen LogP contribution is 2.12. The molecule has 0 saturated carbocycles. The SMILES string of the molecule is CC(C)C[C@H](NC(=O)[C@H](CCCN=C(N)N)NC(=O)[C@H](CC(C)C)NC(=O)[C@@H](NC(=O)[C@H](C)NC(=O)[C@@H](NC(=O)CNC(=O)[C@H](CC(=O)O)NC(=O)[C@H](CC(C)C)NC(=O)[C@@H](N)CC(C)C)[C@@H](C)O)[C@@H](C)O)C(=O)O. The largest absolute Gasteiger partial charge is 0.481 e. The number of aliphatic carboxylic acids is 2. The Morgan fingerprint density at radius 2 is 0.880 bits per heavy atom. The number of nitrogens with one attached hydrogen (secondary N) is 9. The first kappa shape index (κ1) is 68.3. The molecular weight excluding hydrogens is 987 g/mol. The van der Waals surface area contributed by atoms with Crippen molar-refractivity contribution in [1.82, 2.24) is 47.9 Å². The Bertz CT molecular complexity index is 1980. The molecule has 0 heterocycles. The van der Waals surface area contributed by atoms with Gasteiger partial charge in [0.15, 0.2) is 5.96 Å². The summed E-state index contributed by atoms with van der Waals surface area (Å²) in [5, 5.41) is 61.5. The van der Waals surface area contributed by atoms with Crippen LogP contribution in [0.3, 0.4) is 0 Å². The third-order valence-electron chi connectivity index (χ3n) is 11.0. The van der Waals surface area contributed by atoms with Gasteiger partial charge in [-0.05, 0) is 83.0 Å². The molecule has 9 amide bonds. The standard InChI is InChI=1S/C47H85N13O15/c1-21(2)15-28(48)39(67)55-30(16-22(3)4)43(71)56-32(19-35(64)65)40(68)52-20-34(63)59-36(26(10)61)44(72)53-25(9)38(66)60-37(27(11)62)45(73)57-31(17-23(5)6)42(70)54-29(13-12-14-51-47(49)50)41(69)58-33(46(74)75)18-24(7)8/h21-33,36-37,61-62H,12-20,48H2,1-11H3,(H,52,68)(H,53,72)(H,54,70)(H,55,67)(H,56,71)(H,57,73)(H,58,69)(H,59,63)(H,60,66)(H,64,65)(H,74,75)(H4,49,50,51)/t25-,26+,27+,28-,29-,30-,31-,32-,33-,36-,37-/m0/s1.